The number of aliphatic hydroxyl groups is 2. The Hall–Kier alpha value is -1.44. The van der Waals surface area contributed by atoms with Gasteiger partial charge in [-0.2, -0.15) is 4.98 Å². The smallest absolute Gasteiger partial charge is 0.302 e. The van der Waals surface area contributed by atoms with E-state index in [0.717, 1.165) is 0 Å². The number of ether oxygens (including phenoxy) is 2. The predicted octanol–water partition coefficient (Wildman–Crippen LogP) is -0.0204. The van der Waals surface area contributed by atoms with Gasteiger partial charge in [-0.25, -0.2) is 0 Å². The number of hydrogen-bond acceptors (Lipinski definition) is 6. The van der Waals surface area contributed by atoms with Gasteiger partial charge in [0.1, 0.15) is 12.3 Å². The highest BCUT2D eigenvalue weighted by Crippen LogP contribution is 2.31. The third kappa shape index (κ3) is 3.00. The van der Waals surface area contributed by atoms with E-state index in [4.69, 9.17) is 14.6 Å². The maximum absolute atomic E-state index is 11.6. The average molecular weight is 284 g/mol. The minimum atomic E-state index is -0.753. The van der Waals surface area contributed by atoms with Gasteiger partial charge in [0, 0.05) is 18.2 Å². The summed E-state index contributed by atoms with van der Waals surface area (Å²) in [6, 6.07) is 0.159. The van der Waals surface area contributed by atoms with E-state index in [1.165, 1.54) is 0 Å². The van der Waals surface area contributed by atoms with Crippen molar-refractivity contribution in [3.05, 3.63) is 22.1 Å². The molecule has 0 saturated carbocycles. The van der Waals surface area contributed by atoms with Crippen molar-refractivity contribution in [2.45, 2.75) is 51.7 Å². The van der Waals surface area contributed by atoms with Crippen LogP contribution < -0.4 is 10.3 Å². The molecule has 2 heterocycles. The molecule has 0 spiro atoms. The first-order valence-corrected chi connectivity index (χ1v) is 6.63. The van der Waals surface area contributed by atoms with Crippen molar-refractivity contribution in [1.29, 1.82) is 0 Å². The maximum Gasteiger partial charge on any atom is 0.302 e. The molecule has 1 aromatic heterocycles. The van der Waals surface area contributed by atoms with E-state index < -0.39 is 18.4 Å². The van der Waals surface area contributed by atoms with Gasteiger partial charge in [0.15, 0.2) is 0 Å². The zero-order valence-electron chi connectivity index (χ0n) is 11.8. The van der Waals surface area contributed by atoms with Gasteiger partial charge in [0.25, 0.3) is 5.56 Å². The highest BCUT2D eigenvalue weighted by molar-refractivity contribution is 5.10. The van der Waals surface area contributed by atoms with Gasteiger partial charge in [0.05, 0.1) is 18.8 Å². The van der Waals surface area contributed by atoms with Crippen molar-refractivity contribution >= 4 is 0 Å². The minimum Gasteiger partial charge on any atom is -0.462 e. The molecule has 20 heavy (non-hydrogen) atoms. The second kappa shape index (κ2) is 5.90. The minimum absolute atomic E-state index is 0.143. The van der Waals surface area contributed by atoms with E-state index in [0.29, 0.717) is 12.0 Å². The zero-order valence-corrected chi connectivity index (χ0v) is 11.8. The molecule has 0 aromatic carbocycles. The Bertz CT molecular complexity index is 528. The Morgan fingerprint density at radius 2 is 2.30 bits per heavy atom. The SMILES string of the molecule is Cc1cn([C@H]2C[C@H](O)[C@@H](CO)O2)c(OC(C)C)nc1=O. The monoisotopic (exact) mass is 284 g/mol. The third-order valence-corrected chi connectivity index (χ3v) is 3.12. The summed E-state index contributed by atoms with van der Waals surface area (Å²) in [5, 5.41) is 18.9. The Labute approximate surface area is 116 Å². The summed E-state index contributed by atoms with van der Waals surface area (Å²) in [7, 11) is 0. The number of hydrogen-bond donors (Lipinski definition) is 2. The summed E-state index contributed by atoms with van der Waals surface area (Å²) < 4.78 is 12.7. The Kier molecular flexibility index (Phi) is 4.42. The number of aromatic nitrogens is 2. The molecule has 1 fully saturated rings. The lowest BCUT2D eigenvalue weighted by Crippen LogP contribution is -2.25. The second-order valence-corrected chi connectivity index (χ2v) is 5.20. The van der Waals surface area contributed by atoms with E-state index in [1.54, 1.807) is 17.7 Å². The number of aryl methyl sites for hydroxylation is 1. The van der Waals surface area contributed by atoms with E-state index >= 15 is 0 Å². The van der Waals surface area contributed by atoms with Gasteiger partial charge in [-0.05, 0) is 20.8 Å². The van der Waals surface area contributed by atoms with Crippen LogP contribution in [0, 0.1) is 6.92 Å². The average Bonchev–Trinajstić information content (AvgIpc) is 2.74. The largest absolute Gasteiger partial charge is 0.462 e. The maximum atomic E-state index is 11.6. The fourth-order valence-electron chi connectivity index (χ4n) is 2.11. The highest BCUT2D eigenvalue weighted by atomic mass is 16.6. The van der Waals surface area contributed by atoms with Crippen molar-refractivity contribution in [2.75, 3.05) is 6.61 Å². The van der Waals surface area contributed by atoms with Gasteiger partial charge in [-0.15, -0.1) is 0 Å². The Morgan fingerprint density at radius 3 is 2.85 bits per heavy atom. The molecule has 1 aromatic rings. The van der Waals surface area contributed by atoms with Crippen LogP contribution in [0.2, 0.25) is 0 Å². The molecule has 7 nitrogen and oxygen atoms in total. The lowest BCUT2D eigenvalue weighted by atomic mass is 10.2. The van der Waals surface area contributed by atoms with Crippen LogP contribution in [0.25, 0.3) is 0 Å². The lowest BCUT2D eigenvalue weighted by Gasteiger charge is -2.20. The van der Waals surface area contributed by atoms with Crippen LogP contribution in [0.15, 0.2) is 11.0 Å². The molecule has 3 atom stereocenters. The molecule has 0 aliphatic carbocycles. The fraction of sp³-hybridized carbons (Fsp3) is 0.692. The van der Waals surface area contributed by atoms with Gasteiger partial charge in [-0.3, -0.25) is 9.36 Å². The molecule has 0 bridgehead atoms. The molecule has 1 aliphatic heterocycles. The van der Waals surface area contributed by atoms with E-state index in [-0.39, 0.29) is 24.3 Å². The van der Waals surface area contributed by atoms with Crippen molar-refractivity contribution in [3.63, 3.8) is 0 Å². The summed E-state index contributed by atoms with van der Waals surface area (Å²) in [6.07, 6.45) is -0.129. The van der Waals surface area contributed by atoms with Crippen LogP contribution in [-0.2, 0) is 4.74 Å². The van der Waals surface area contributed by atoms with Crippen LogP contribution in [0.4, 0.5) is 0 Å². The van der Waals surface area contributed by atoms with E-state index in [1.807, 2.05) is 13.8 Å². The second-order valence-electron chi connectivity index (χ2n) is 5.20. The van der Waals surface area contributed by atoms with Crippen molar-refractivity contribution in [2.24, 2.45) is 0 Å². The van der Waals surface area contributed by atoms with Crippen LogP contribution in [0.5, 0.6) is 6.01 Å². The van der Waals surface area contributed by atoms with Crippen molar-refractivity contribution in [1.82, 2.24) is 9.55 Å². The molecule has 1 saturated heterocycles. The van der Waals surface area contributed by atoms with Crippen LogP contribution in [0.1, 0.15) is 32.1 Å². The van der Waals surface area contributed by atoms with Crippen LogP contribution >= 0.6 is 0 Å². The number of aliphatic hydroxyl groups excluding tert-OH is 2. The molecular formula is C13H20N2O5. The first-order chi connectivity index (χ1) is 9.42. The molecule has 112 valence electrons. The van der Waals surface area contributed by atoms with Crippen molar-refractivity contribution in [3.8, 4) is 6.01 Å². The quantitative estimate of drug-likeness (QED) is 0.807. The molecule has 7 heteroatoms. The van der Waals surface area contributed by atoms with Gasteiger partial charge in [0.2, 0.25) is 0 Å². The van der Waals surface area contributed by atoms with Gasteiger partial charge in [-0.1, -0.05) is 0 Å². The molecule has 1 aliphatic rings. The molecule has 2 N–H and O–H groups in total. The highest BCUT2D eigenvalue weighted by Gasteiger charge is 2.35. The lowest BCUT2D eigenvalue weighted by molar-refractivity contribution is -0.0481. The molecule has 0 amide bonds. The number of nitrogens with zero attached hydrogens (tertiary/aromatic N) is 2. The predicted molar refractivity (Wildman–Crippen MR) is 70.6 cm³/mol. The summed E-state index contributed by atoms with van der Waals surface area (Å²) in [6.45, 7) is 5.05. The molecule has 0 radical (unpaired) electrons. The summed E-state index contributed by atoms with van der Waals surface area (Å²) in [5.74, 6) is 0. The standard InChI is InChI=1S/C13H20N2O5/c1-7(2)19-13-14-12(18)8(3)5-15(13)11-4-9(17)10(6-16)20-11/h5,7,9-11,16-17H,4,6H2,1-3H3/t9-,10+,11+/m0/s1. The molecule has 0 unspecified atom stereocenters. The first kappa shape index (κ1) is 15.0. The Morgan fingerprint density at radius 1 is 1.60 bits per heavy atom. The summed E-state index contributed by atoms with van der Waals surface area (Å²) >= 11 is 0. The first-order valence-electron chi connectivity index (χ1n) is 6.63. The molecular weight excluding hydrogens is 264 g/mol. The van der Waals surface area contributed by atoms with Crippen molar-refractivity contribution < 1.29 is 19.7 Å². The summed E-state index contributed by atoms with van der Waals surface area (Å²) in [4.78, 5) is 15.5. The van der Waals surface area contributed by atoms with Gasteiger partial charge < -0.3 is 19.7 Å². The van der Waals surface area contributed by atoms with E-state index in [9.17, 15) is 9.90 Å². The van der Waals surface area contributed by atoms with Crippen LogP contribution in [0.3, 0.4) is 0 Å². The normalized spacial score (nSPS) is 26.2. The molecule has 2 rings (SSSR count). The topological polar surface area (TPSA) is 93.8 Å². The fourth-order valence-corrected chi connectivity index (χ4v) is 2.11. The Balaban J connectivity index is 2.35. The zero-order chi connectivity index (χ0) is 14.9. The van der Waals surface area contributed by atoms with E-state index in [2.05, 4.69) is 4.98 Å². The van der Waals surface area contributed by atoms with Gasteiger partial charge >= 0.3 is 6.01 Å². The summed E-state index contributed by atoms with van der Waals surface area (Å²) in [5.41, 5.74) is 0.112. The van der Waals surface area contributed by atoms with Crippen LogP contribution in [-0.4, -0.2) is 44.7 Å². The third-order valence-electron chi connectivity index (χ3n) is 3.12. The number of rotatable bonds is 4.